The lowest BCUT2D eigenvalue weighted by molar-refractivity contribution is -0.129. The fourth-order valence-electron chi connectivity index (χ4n) is 3.34. The number of para-hydroxylation sites is 1. The predicted molar refractivity (Wildman–Crippen MR) is 79.8 cm³/mol. The third-order valence-corrected chi connectivity index (χ3v) is 4.56. The maximum atomic E-state index is 13.1. The molecule has 2 heterocycles. The van der Waals surface area contributed by atoms with Crippen molar-refractivity contribution >= 4 is 11.6 Å². The first kappa shape index (κ1) is 14.1. The summed E-state index contributed by atoms with van der Waals surface area (Å²) in [6, 6.07) is 10.3. The lowest BCUT2D eigenvalue weighted by Gasteiger charge is -2.39. The number of anilines is 1. The minimum absolute atomic E-state index is 0.0488. The van der Waals surface area contributed by atoms with E-state index < -0.39 is 5.41 Å². The largest absolute Gasteiger partial charge is 0.381 e. The molecule has 1 aromatic carbocycles. The lowest BCUT2D eigenvalue weighted by atomic mass is 9.79. The smallest absolute Gasteiger partial charge is 0.247 e. The van der Waals surface area contributed by atoms with Gasteiger partial charge >= 0.3 is 0 Å². The van der Waals surface area contributed by atoms with Gasteiger partial charge in [-0.05, 0) is 36.8 Å². The maximum absolute atomic E-state index is 13.1. The van der Waals surface area contributed by atoms with Crippen LogP contribution in [-0.2, 0) is 16.0 Å². The highest BCUT2D eigenvalue weighted by atomic mass is 16.5. The Hall–Kier alpha value is -1.86. The summed E-state index contributed by atoms with van der Waals surface area (Å²) >= 11 is 0. The number of rotatable bonds is 1. The van der Waals surface area contributed by atoms with Crippen molar-refractivity contribution in [2.75, 3.05) is 24.7 Å². The lowest BCUT2D eigenvalue weighted by Crippen LogP contribution is -2.49. The summed E-state index contributed by atoms with van der Waals surface area (Å²) in [5.74, 6) is 0.367. The van der Waals surface area contributed by atoms with Crippen LogP contribution < -0.4 is 4.90 Å². The molecule has 1 atom stereocenters. The monoisotopic (exact) mass is 284 g/mol. The molecule has 1 aromatic rings. The van der Waals surface area contributed by atoms with E-state index in [0.29, 0.717) is 38.5 Å². The number of hydrogen-bond donors (Lipinski definition) is 0. The highest BCUT2D eigenvalue weighted by Crippen LogP contribution is 2.37. The SMILES string of the molecule is CC1Cc2ccccc2N(C(=O)C2(C#N)CCOCC2)C1. The van der Waals surface area contributed by atoms with Crippen molar-refractivity contribution in [2.45, 2.75) is 26.2 Å². The van der Waals surface area contributed by atoms with Crippen molar-refractivity contribution < 1.29 is 9.53 Å². The number of nitrogens with zero attached hydrogens (tertiary/aromatic N) is 2. The molecule has 1 saturated heterocycles. The van der Waals surface area contributed by atoms with Crippen molar-refractivity contribution in [3.05, 3.63) is 29.8 Å². The molecule has 0 spiro atoms. The molecule has 0 bridgehead atoms. The molecule has 0 radical (unpaired) electrons. The number of amides is 1. The van der Waals surface area contributed by atoms with Crippen LogP contribution in [0.3, 0.4) is 0 Å². The maximum Gasteiger partial charge on any atom is 0.247 e. The van der Waals surface area contributed by atoms with Crippen molar-refractivity contribution in [1.82, 2.24) is 0 Å². The molecule has 3 rings (SSSR count). The van der Waals surface area contributed by atoms with Crippen LogP contribution in [0.5, 0.6) is 0 Å². The Morgan fingerprint density at radius 3 is 2.81 bits per heavy atom. The van der Waals surface area contributed by atoms with Crippen LogP contribution >= 0.6 is 0 Å². The zero-order valence-corrected chi connectivity index (χ0v) is 12.3. The van der Waals surface area contributed by atoms with Crippen molar-refractivity contribution in [3.8, 4) is 6.07 Å². The predicted octanol–water partition coefficient (Wildman–Crippen LogP) is 2.53. The Labute approximate surface area is 125 Å². The summed E-state index contributed by atoms with van der Waals surface area (Å²) in [7, 11) is 0. The zero-order valence-electron chi connectivity index (χ0n) is 12.3. The summed E-state index contributed by atoms with van der Waals surface area (Å²) in [6.07, 6.45) is 1.98. The molecule has 110 valence electrons. The molecule has 2 aliphatic heterocycles. The van der Waals surface area contributed by atoms with E-state index in [1.807, 2.05) is 23.1 Å². The number of carbonyl (C=O) groups is 1. The van der Waals surface area contributed by atoms with E-state index in [4.69, 9.17) is 4.74 Å². The van der Waals surface area contributed by atoms with E-state index in [1.165, 1.54) is 5.56 Å². The molecule has 0 N–H and O–H groups in total. The Morgan fingerprint density at radius 1 is 1.38 bits per heavy atom. The molecule has 1 fully saturated rings. The molecule has 0 aliphatic carbocycles. The van der Waals surface area contributed by atoms with Crippen molar-refractivity contribution in [2.24, 2.45) is 11.3 Å². The molecule has 4 nitrogen and oxygen atoms in total. The normalized spacial score (nSPS) is 24.0. The highest BCUT2D eigenvalue weighted by molar-refractivity contribution is 6.00. The average Bonchev–Trinajstić information content (AvgIpc) is 2.54. The van der Waals surface area contributed by atoms with E-state index in [1.54, 1.807) is 0 Å². The second kappa shape index (κ2) is 5.50. The number of hydrogen-bond acceptors (Lipinski definition) is 3. The summed E-state index contributed by atoms with van der Waals surface area (Å²) in [5.41, 5.74) is 1.26. The highest BCUT2D eigenvalue weighted by Gasteiger charge is 2.44. The number of nitriles is 1. The van der Waals surface area contributed by atoms with Gasteiger partial charge in [-0.2, -0.15) is 5.26 Å². The first-order valence-electron chi connectivity index (χ1n) is 7.55. The van der Waals surface area contributed by atoms with Crippen LogP contribution in [0.1, 0.15) is 25.3 Å². The molecule has 4 heteroatoms. The van der Waals surface area contributed by atoms with Gasteiger partial charge in [0, 0.05) is 25.4 Å². The molecular formula is C17H20N2O2. The molecule has 0 saturated carbocycles. The number of ether oxygens (including phenoxy) is 1. The van der Waals surface area contributed by atoms with Crippen LogP contribution in [-0.4, -0.2) is 25.7 Å². The fraction of sp³-hybridized carbons (Fsp3) is 0.529. The zero-order chi connectivity index (χ0) is 14.9. The molecule has 21 heavy (non-hydrogen) atoms. The first-order valence-corrected chi connectivity index (χ1v) is 7.55. The van der Waals surface area contributed by atoms with Gasteiger partial charge < -0.3 is 9.64 Å². The van der Waals surface area contributed by atoms with Gasteiger partial charge in [-0.15, -0.1) is 0 Å². The third-order valence-electron chi connectivity index (χ3n) is 4.56. The van der Waals surface area contributed by atoms with E-state index in [2.05, 4.69) is 19.1 Å². The van der Waals surface area contributed by atoms with Crippen LogP contribution in [0, 0.1) is 22.7 Å². The van der Waals surface area contributed by atoms with Gasteiger partial charge in [-0.25, -0.2) is 0 Å². The molecule has 2 aliphatic rings. The van der Waals surface area contributed by atoms with E-state index in [9.17, 15) is 10.1 Å². The van der Waals surface area contributed by atoms with Gasteiger partial charge in [0.15, 0.2) is 0 Å². The topological polar surface area (TPSA) is 53.3 Å². The Morgan fingerprint density at radius 2 is 2.10 bits per heavy atom. The van der Waals surface area contributed by atoms with E-state index in [0.717, 1.165) is 12.1 Å². The summed E-state index contributed by atoms with van der Waals surface area (Å²) < 4.78 is 5.33. The van der Waals surface area contributed by atoms with Crippen LogP contribution in [0.25, 0.3) is 0 Å². The third kappa shape index (κ3) is 2.43. The van der Waals surface area contributed by atoms with Crippen LogP contribution in [0.15, 0.2) is 24.3 Å². The Kier molecular flexibility index (Phi) is 3.69. The molecular weight excluding hydrogens is 264 g/mol. The van der Waals surface area contributed by atoms with Gasteiger partial charge in [0.2, 0.25) is 5.91 Å². The summed E-state index contributed by atoms with van der Waals surface area (Å²) in [4.78, 5) is 14.9. The van der Waals surface area contributed by atoms with Gasteiger partial charge in [0.1, 0.15) is 5.41 Å². The quantitative estimate of drug-likeness (QED) is 0.796. The van der Waals surface area contributed by atoms with E-state index in [-0.39, 0.29) is 5.91 Å². The minimum atomic E-state index is -0.914. The Balaban J connectivity index is 1.96. The van der Waals surface area contributed by atoms with E-state index >= 15 is 0 Å². The van der Waals surface area contributed by atoms with Gasteiger partial charge in [-0.1, -0.05) is 25.1 Å². The average molecular weight is 284 g/mol. The first-order chi connectivity index (χ1) is 10.2. The number of carbonyl (C=O) groups excluding carboxylic acids is 1. The van der Waals surface area contributed by atoms with Crippen LogP contribution in [0.2, 0.25) is 0 Å². The summed E-state index contributed by atoms with van der Waals surface area (Å²) in [6.45, 7) is 3.83. The second-order valence-corrected chi connectivity index (χ2v) is 6.16. The van der Waals surface area contributed by atoms with Gasteiger partial charge in [-0.3, -0.25) is 4.79 Å². The second-order valence-electron chi connectivity index (χ2n) is 6.16. The molecule has 1 unspecified atom stereocenters. The van der Waals surface area contributed by atoms with Crippen LogP contribution in [0.4, 0.5) is 5.69 Å². The molecule has 0 aromatic heterocycles. The fourth-order valence-corrected chi connectivity index (χ4v) is 3.34. The Bertz CT molecular complexity index is 585. The summed E-state index contributed by atoms with van der Waals surface area (Å²) in [5, 5.41) is 9.60. The standard InChI is InChI=1S/C17H20N2O2/c1-13-10-14-4-2-3-5-15(14)19(11-13)16(20)17(12-18)6-8-21-9-7-17/h2-5,13H,6-11H2,1H3. The van der Waals surface area contributed by atoms with Gasteiger partial charge in [0.25, 0.3) is 0 Å². The number of fused-ring (bicyclic) bond motifs is 1. The van der Waals surface area contributed by atoms with Gasteiger partial charge in [0.05, 0.1) is 6.07 Å². The number of benzene rings is 1. The minimum Gasteiger partial charge on any atom is -0.381 e. The van der Waals surface area contributed by atoms with Crippen molar-refractivity contribution in [3.63, 3.8) is 0 Å². The van der Waals surface area contributed by atoms with Crippen molar-refractivity contribution in [1.29, 1.82) is 5.26 Å². The molecule has 1 amide bonds.